The first kappa shape index (κ1) is 22.9. The Morgan fingerprint density at radius 3 is 2.61 bits per heavy atom. The number of nitrogens with two attached hydrogens (primary N) is 1. The Morgan fingerprint density at radius 1 is 1.15 bits per heavy atom. The fourth-order valence-corrected chi connectivity index (χ4v) is 4.31. The summed E-state index contributed by atoms with van der Waals surface area (Å²) in [5.41, 5.74) is 10.7. The predicted octanol–water partition coefficient (Wildman–Crippen LogP) is 4.14. The van der Waals surface area contributed by atoms with E-state index in [0.29, 0.717) is 23.4 Å². The average molecular weight is 466 g/mol. The third-order valence-electron chi connectivity index (χ3n) is 5.47. The van der Waals surface area contributed by atoms with Crippen LogP contribution in [-0.2, 0) is 22.6 Å². The van der Waals surface area contributed by atoms with Gasteiger partial charge in [-0.3, -0.25) is 14.6 Å². The molecule has 2 aromatic carbocycles. The van der Waals surface area contributed by atoms with Gasteiger partial charge in [0.2, 0.25) is 5.91 Å². The highest BCUT2D eigenvalue weighted by Gasteiger charge is 2.27. The van der Waals surface area contributed by atoms with E-state index in [4.69, 9.17) is 14.9 Å². The summed E-state index contributed by atoms with van der Waals surface area (Å²) < 4.78 is 20.8. The second-order valence-corrected chi connectivity index (χ2v) is 8.86. The quantitative estimate of drug-likeness (QED) is 0.420. The Labute approximate surface area is 195 Å². The summed E-state index contributed by atoms with van der Waals surface area (Å²) in [6, 6.07) is 12.9. The number of rotatable bonds is 7. The number of aromatic nitrogens is 1. The molecule has 1 aromatic heterocycles. The number of carbonyl (C=O) groups is 1. The summed E-state index contributed by atoms with van der Waals surface area (Å²) >= 11 is 1.38. The van der Waals surface area contributed by atoms with Gasteiger partial charge in [-0.2, -0.15) is 0 Å². The molecule has 33 heavy (non-hydrogen) atoms. The van der Waals surface area contributed by atoms with Crippen molar-refractivity contribution in [2.75, 3.05) is 5.75 Å². The highest BCUT2D eigenvalue weighted by molar-refractivity contribution is 7.94. The normalized spacial score (nSPS) is 14.8. The first-order valence-electron chi connectivity index (χ1n) is 10.6. The Balaban J connectivity index is 1.97. The van der Waals surface area contributed by atoms with Crippen LogP contribution in [0.15, 0.2) is 64.5 Å². The summed E-state index contributed by atoms with van der Waals surface area (Å²) in [5, 5.41) is 0. The van der Waals surface area contributed by atoms with Gasteiger partial charge in [0, 0.05) is 41.8 Å². The van der Waals surface area contributed by atoms with E-state index in [1.165, 1.54) is 34.8 Å². The number of carbonyl (C=O) groups excluding carboxylic acids is 1. The first-order valence-corrected chi connectivity index (χ1v) is 11.5. The van der Waals surface area contributed by atoms with Crippen LogP contribution in [0.3, 0.4) is 0 Å². The van der Waals surface area contributed by atoms with Gasteiger partial charge >= 0.3 is 0 Å². The van der Waals surface area contributed by atoms with Crippen LogP contribution in [0, 0.1) is 5.82 Å². The number of benzene rings is 2. The number of aliphatic imine (C=N–C) groups is 1. The molecule has 0 spiro atoms. The molecule has 0 bridgehead atoms. The monoisotopic (exact) mass is 465 g/mol. The van der Waals surface area contributed by atoms with E-state index in [-0.39, 0.29) is 17.8 Å². The number of pyridine rings is 1. The largest absolute Gasteiger partial charge is 0.370 e. The number of halogens is 1. The van der Waals surface area contributed by atoms with Crippen molar-refractivity contribution in [3.8, 4) is 11.1 Å². The SMILES string of the molecule is CCSOCc1ccc2c(c1)-c1cn(C)c(=O)cc1[C@H](CC(N)=O)N=C2c1ccc(F)cc1. The van der Waals surface area contributed by atoms with Crippen LogP contribution < -0.4 is 11.3 Å². The van der Waals surface area contributed by atoms with Gasteiger partial charge in [0.1, 0.15) is 5.82 Å². The molecule has 1 aliphatic rings. The van der Waals surface area contributed by atoms with Crippen LogP contribution in [0.5, 0.6) is 0 Å². The molecule has 2 N–H and O–H groups in total. The molecule has 0 radical (unpaired) electrons. The van der Waals surface area contributed by atoms with E-state index in [1.807, 2.05) is 25.1 Å². The van der Waals surface area contributed by atoms with Gasteiger partial charge in [0.25, 0.3) is 5.56 Å². The van der Waals surface area contributed by atoms with Crippen molar-refractivity contribution in [3.05, 3.63) is 93.2 Å². The van der Waals surface area contributed by atoms with Crippen LogP contribution in [0.1, 0.15) is 41.6 Å². The van der Waals surface area contributed by atoms with Gasteiger partial charge in [-0.25, -0.2) is 4.39 Å². The molecule has 170 valence electrons. The van der Waals surface area contributed by atoms with E-state index in [9.17, 15) is 14.0 Å². The smallest absolute Gasteiger partial charge is 0.250 e. The summed E-state index contributed by atoms with van der Waals surface area (Å²) in [6.07, 6.45) is 1.71. The third-order valence-corrected chi connectivity index (χ3v) is 5.99. The Kier molecular flexibility index (Phi) is 6.76. The van der Waals surface area contributed by atoms with Gasteiger partial charge in [-0.05, 0) is 59.1 Å². The second-order valence-electron chi connectivity index (χ2n) is 7.81. The highest BCUT2D eigenvalue weighted by Crippen LogP contribution is 2.38. The van der Waals surface area contributed by atoms with Crippen LogP contribution in [-0.4, -0.2) is 21.9 Å². The zero-order valence-electron chi connectivity index (χ0n) is 18.4. The first-order chi connectivity index (χ1) is 15.9. The molecule has 8 heteroatoms. The number of nitrogens with zero attached hydrogens (tertiary/aromatic N) is 2. The molecular formula is C25H24FN3O3S. The average Bonchev–Trinajstić information content (AvgIpc) is 2.90. The number of hydrogen-bond acceptors (Lipinski definition) is 5. The Hall–Kier alpha value is -3.23. The fourth-order valence-electron chi connectivity index (χ4n) is 3.93. The Bertz CT molecular complexity index is 1290. The van der Waals surface area contributed by atoms with Crippen LogP contribution in [0.4, 0.5) is 4.39 Å². The topological polar surface area (TPSA) is 86.7 Å². The second kappa shape index (κ2) is 9.72. The number of fused-ring (bicyclic) bond motifs is 3. The summed E-state index contributed by atoms with van der Waals surface area (Å²) in [5.74, 6) is -0.0360. The summed E-state index contributed by atoms with van der Waals surface area (Å²) in [6.45, 7) is 2.43. The van der Waals surface area contributed by atoms with E-state index < -0.39 is 11.9 Å². The van der Waals surface area contributed by atoms with Crippen molar-refractivity contribution in [2.24, 2.45) is 17.8 Å². The van der Waals surface area contributed by atoms with Crippen LogP contribution in [0.2, 0.25) is 0 Å². The molecule has 0 saturated heterocycles. The third kappa shape index (κ3) is 4.91. The minimum atomic E-state index is -0.644. The number of aryl methyl sites for hydroxylation is 1. The lowest BCUT2D eigenvalue weighted by Gasteiger charge is -2.16. The van der Waals surface area contributed by atoms with Crippen molar-refractivity contribution in [3.63, 3.8) is 0 Å². The fraction of sp³-hybridized carbons (Fsp3) is 0.240. The Morgan fingerprint density at radius 2 is 1.91 bits per heavy atom. The highest BCUT2D eigenvalue weighted by atomic mass is 32.2. The van der Waals surface area contributed by atoms with Gasteiger partial charge < -0.3 is 14.5 Å². The van der Waals surface area contributed by atoms with Crippen LogP contribution in [0.25, 0.3) is 11.1 Å². The van der Waals surface area contributed by atoms with E-state index in [2.05, 4.69) is 0 Å². The zero-order valence-corrected chi connectivity index (χ0v) is 19.2. The molecule has 0 fully saturated rings. The molecule has 1 atom stereocenters. The van der Waals surface area contributed by atoms with Crippen molar-refractivity contribution >= 4 is 23.7 Å². The molecular weight excluding hydrogens is 441 g/mol. The van der Waals surface area contributed by atoms with Crippen molar-refractivity contribution in [2.45, 2.75) is 26.0 Å². The maximum Gasteiger partial charge on any atom is 0.250 e. The molecule has 1 aliphatic heterocycles. The number of amides is 1. The van der Waals surface area contributed by atoms with Crippen molar-refractivity contribution in [1.82, 2.24) is 4.57 Å². The minimum absolute atomic E-state index is 0.0536. The summed E-state index contributed by atoms with van der Waals surface area (Å²) in [4.78, 5) is 29.3. The maximum absolute atomic E-state index is 13.6. The van der Waals surface area contributed by atoms with E-state index in [0.717, 1.165) is 28.0 Å². The van der Waals surface area contributed by atoms with Gasteiger partial charge in [0.15, 0.2) is 0 Å². The van der Waals surface area contributed by atoms with Crippen molar-refractivity contribution < 1.29 is 13.4 Å². The number of primary amides is 1. The molecule has 2 heterocycles. The standard InChI is InChI=1S/C25H24FN3O3S/c1-3-33-32-14-15-4-9-18-19(10-15)21-13-29(2)24(31)11-20(21)22(12-23(27)30)28-25(18)16-5-7-17(26)8-6-16/h4-11,13,22H,3,12,14H2,1-2H3,(H2,27,30)/t22-/m0/s1. The van der Waals surface area contributed by atoms with Gasteiger partial charge in [-0.15, -0.1) is 0 Å². The molecule has 0 aliphatic carbocycles. The lowest BCUT2D eigenvalue weighted by molar-refractivity contribution is -0.118. The van der Waals surface area contributed by atoms with Gasteiger partial charge in [-0.1, -0.05) is 19.1 Å². The maximum atomic E-state index is 13.6. The van der Waals surface area contributed by atoms with E-state index >= 15 is 0 Å². The molecule has 4 rings (SSSR count). The lowest BCUT2D eigenvalue weighted by Crippen LogP contribution is -2.20. The molecule has 3 aromatic rings. The molecule has 0 saturated carbocycles. The van der Waals surface area contributed by atoms with Crippen molar-refractivity contribution in [1.29, 1.82) is 0 Å². The van der Waals surface area contributed by atoms with Crippen LogP contribution >= 0.6 is 12.0 Å². The molecule has 1 amide bonds. The van der Waals surface area contributed by atoms with E-state index in [1.54, 1.807) is 25.4 Å². The lowest BCUT2D eigenvalue weighted by atomic mass is 9.90. The minimum Gasteiger partial charge on any atom is -0.370 e. The molecule has 0 unspecified atom stereocenters. The van der Waals surface area contributed by atoms with Gasteiger partial charge in [0.05, 0.1) is 24.8 Å². The summed E-state index contributed by atoms with van der Waals surface area (Å²) in [7, 11) is 1.68. The zero-order chi connectivity index (χ0) is 23.5. The molecule has 6 nitrogen and oxygen atoms in total. The number of hydrogen-bond donors (Lipinski definition) is 1. The predicted molar refractivity (Wildman–Crippen MR) is 129 cm³/mol.